The summed E-state index contributed by atoms with van der Waals surface area (Å²) in [6.07, 6.45) is 5.97. The van der Waals surface area contributed by atoms with E-state index in [-0.39, 0.29) is 11.3 Å². The fourth-order valence-corrected chi connectivity index (χ4v) is 3.84. The van der Waals surface area contributed by atoms with Crippen molar-refractivity contribution >= 4 is 38.1 Å². The number of allylic oxidation sites excluding steroid dienone is 4. The summed E-state index contributed by atoms with van der Waals surface area (Å²) in [7, 11) is 5.12. The van der Waals surface area contributed by atoms with Crippen LogP contribution >= 0.6 is 21.6 Å². The van der Waals surface area contributed by atoms with Gasteiger partial charge in [0.05, 0.1) is 11.3 Å². The lowest BCUT2D eigenvalue weighted by Crippen LogP contribution is -2.02. The van der Waals surface area contributed by atoms with Gasteiger partial charge < -0.3 is 10.2 Å². The van der Waals surface area contributed by atoms with E-state index in [4.69, 9.17) is 10.2 Å². The Kier molecular flexibility index (Phi) is 9.25. The van der Waals surface area contributed by atoms with Crippen molar-refractivity contribution in [3.05, 3.63) is 83.5 Å². The smallest absolute Gasteiger partial charge is 0.339 e. The van der Waals surface area contributed by atoms with Crippen LogP contribution < -0.4 is 0 Å². The molecule has 0 radical (unpaired) electrons. The zero-order valence-electron chi connectivity index (χ0n) is 14.5. The van der Waals surface area contributed by atoms with E-state index in [0.29, 0.717) is 0 Å². The summed E-state index contributed by atoms with van der Waals surface area (Å²) in [4.78, 5) is 12.7. The molecule has 0 amide bonds. The first-order valence-corrected chi connectivity index (χ1v) is 9.65. The Balaban J connectivity index is 0.000000276. The molecule has 1 aromatic rings. The minimum absolute atomic E-state index is 0.120. The molecule has 5 nitrogen and oxygen atoms in total. The molecule has 0 aromatic heterocycles. The molecule has 0 saturated carbocycles. The lowest BCUT2D eigenvalue weighted by atomic mass is 10.2. The molecular formula is C19H20N2O3S2. The van der Waals surface area contributed by atoms with E-state index >= 15 is 0 Å². The first kappa shape index (κ1) is 21.5. The Morgan fingerprint density at radius 2 is 1.85 bits per heavy atom. The van der Waals surface area contributed by atoms with Gasteiger partial charge in [-0.05, 0) is 36.8 Å². The molecule has 136 valence electrons. The third kappa shape index (κ3) is 6.78. The van der Waals surface area contributed by atoms with Gasteiger partial charge in [-0.15, -0.1) is 0 Å². The van der Waals surface area contributed by atoms with Crippen LogP contribution in [0.4, 0.5) is 5.69 Å². The summed E-state index contributed by atoms with van der Waals surface area (Å²) in [5.41, 5.74) is 1.97. The monoisotopic (exact) mass is 388 g/mol. The highest BCUT2D eigenvalue weighted by atomic mass is 33.1. The SMILES string of the molecule is C=C/C=C(O)\C(=C/C)C(=O)O.C=C1C=C(c2ccc(N=NC)cc2)SS1. The first-order valence-electron chi connectivity index (χ1n) is 7.50. The van der Waals surface area contributed by atoms with Crippen molar-refractivity contribution in [2.45, 2.75) is 6.92 Å². The zero-order chi connectivity index (χ0) is 19.5. The Morgan fingerprint density at radius 3 is 2.27 bits per heavy atom. The van der Waals surface area contributed by atoms with Crippen LogP contribution in [-0.2, 0) is 4.79 Å². The lowest BCUT2D eigenvalue weighted by molar-refractivity contribution is -0.132. The Bertz CT molecular complexity index is 792. The maximum Gasteiger partial charge on any atom is 0.339 e. The van der Waals surface area contributed by atoms with Crippen LogP contribution in [0.15, 0.2) is 88.2 Å². The third-order valence-electron chi connectivity index (χ3n) is 2.97. The highest BCUT2D eigenvalue weighted by Crippen LogP contribution is 2.48. The number of carbonyl (C=O) groups is 1. The molecule has 1 heterocycles. The summed E-state index contributed by atoms with van der Waals surface area (Å²) >= 11 is 0. The Morgan fingerprint density at radius 1 is 1.19 bits per heavy atom. The predicted molar refractivity (Wildman–Crippen MR) is 111 cm³/mol. The van der Waals surface area contributed by atoms with Crippen molar-refractivity contribution in [3.63, 3.8) is 0 Å². The summed E-state index contributed by atoms with van der Waals surface area (Å²) in [6, 6.07) is 8.05. The highest BCUT2D eigenvalue weighted by molar-refractivity contribution is 8.82. The molecule has 2 rings (SSSR count). The van der Waals surface area contributed by atoms with Crippen LogP contribution in [0.1, 0.15) is 12.5 Å². The summed E-state index contributed by atoms with van der Waals surface area (Å²) in [5, 5.41) is 25.2. The van der Waals surface area contributed by atoms with E-state index in [2.05, 4.69) is 41.6 Å². The number of benzene rings is 1. The largest absolute Gasteiger partial charge is 0.507 e. The van der Waals surface area contributed by atoms with Crippen molar-refractivity contribution in [3.8, 4) is 0 Å². The third-order valence-corrected chi connectivity index (χ3v) is 5.35. The quantitative estimate of drug-likeness (QED) is 0.203. The lowest BCUT2D eigenvalue weighted by Gasteiger charge is -1.99. The summed E-state index contributed by atoms with van der Waals surface area (Å²) in [5.74, 6) is -1.43. The second-order valence-electron chi connectivity index (χ2n) is 4.78. The van der Waals surface area contributed by atoms with Crippen molar-refractivity contribution in [2.75, 3.05) is 7.05 Å². The van der Waals surface area contributed by atoms with Gasteiger partial charge in [0.2, 0.25) is 0 Å². The molecule has 0 fully saturated rings. The van der Waals surface area contributed by atoms with Gasteiger partial charge in [0.15, 0.2) is 0 Å². The maximum absolute atomic E-state index is 10.3. The standard InChI is InChI=1S/C11H10N2S2.C8H10O3/c1-8-7-11(15-14-8)9-3-5-10(6-4-9)13-12-2;1-3-5-7(9)6(4-2)8(10)11/h3-7H,1H2,2H3;3-5,9H,1H2,2H3,(H,10,11)/b;6-4+,7-5+. The fourth-order valence-electron chi connectivity index (χ4n) is 1.81. The van der Waals surface area contributed by atoms with Crippen LogP contribution in [0, 0.1) is 0 Å². The van der Waals surface area contributed by atoms with E-state index in [9.17, 15) is 4.79 Å². The van der Waals surface area contributed by atoms with Crippen molar-refractivity contribution in [1.29, 1.82) is 0 Å². The Labute approximate surface area is 161 Å². The van der Waals surface area contributed by atoms with Crippen molar-refractivity contribution < 1.29 is 15.0 Å². The fraction of sp³-hybridized carbons (Fsp3) is 0.105. The van der Waals surface area contributed by atoms with E-state index in [1.807, 2.05) is 12.1 Å². The Hall–Kier alpha value is -2.51. The number of aliphatic hydroxyl groups excluding tert-OH is 1. The van der Waals surface area contributed by atoms with Crippen LogP contribution in [0.3, 0.4) is 0 Å². The van der Waals surface area contributed by atoms with E-state index < -0.39 is 5.97 Å². The molecule has 26 heavy (non-hydrogen) atoms. The minimum atomic E-state index is -1.15. The van der Waals surface area contributed by atoms with Gasteiger partial charge in [-0.2, -0.15) is 10.2 Å². The van der Waals surface area contributed by atoms with E-state index in [1.165, 1.54) is 35.6 Å². The molecular weight excluding hydrogens is 368 g/mol. The number of hydrogen-bond donors (Lipinski definition) is 2. The molecule has 0 saturated heterocycles. The van der Waals surface area contributed by atoms with Crippen molar-refractivity contribution in [2.24, 2.45) is 10.2 Å². The molecule has 0 unspecified atom stereocenters. The van der Waals surface area contributed by atoms with Crippen LogP contribution in [0.2, 0.25) is 0 Å². The van der Waals surface area contributed by atoms with Gasteiger partial charge in [0.1, 0.15) is 5.76 Å². The number of hydrogen-bond acceptors (Lipinski definition) is 6. The van der Waals surface area contributed by atoms with E-state index in [1.54, 1.807) is 28.6 Å². The molecule has 0 spiro atoms. The van der Waals surface area contributed by atoms with E-state index in [0.717, 1.165) is 10.6 Å². The molecule has 7 heteroatoms. The van der Waals surface area contributed by atoms with Gasteiger partial charge in [0.25, 0.3) is 0 Å². The van der Waals surface area contributed by atoms with Crippen molar-refractivity contribution in [1.82, 2.24) is 0 Å². The molecule has 1 aromatic carbocycles. The number of aliphatic carboxylic acids is 1. The molecule has 1 aliphatic heterocycles. The average Bonchev–Trinajstić information content (AvgIpc) is 3.03. The molecule has 0 atom stereocenters. The molecule has 0 aliphatic carbocycles. The van der Waals surface area contributed by atoms with Gasteiger partial charge >= 0.3 is 5.97 Å². The van der Waals surface area contributed by atoms with Crippen LogP contribution in [-0.4, -0.2) is 23.2 Å². The predicted octanol–water partition coefficient (Wildman–Crippen LogP) is 6.29. The van der Waals surface area contributed by atoms with Gasteiger partial charge in [0, 0.05) is 16.9 Å². The molecule has 1 aliphatic rings. The summed E-state index contributed by atoms with van der Waals surface area (Å²) in [6.45, 7) is 8.77. The zero-order valence-corrected chi connectivity index (χ0v) is 16.2. The average molecular weight is 389 g/mol. The van der Waals surface area contributed by atoms with Gasteiger partial charge in [-0.1, -0.05) is 59.0 Å². The normalized spacial score (nSPS) is 14.7. The first-order chi connectivity index (χ1) is 12.4. The number of rotatable bonds is 5. The molecule has 0 bridgehead atoms. The second kappa shape index (κ2) is 11.2. The number of aliphatic hydroxyl groups is 1. The number of carboxylic acids is 1. The van der Waals surface area contributed by atoms with Crippen LogP contribution in [0.25, 0.3) is 4.91 Å². The van der Waals surface area contributed by atoms with Gasteiger partial charge in [-0.3, -0.25) is 0 Å². The highest BCUT2D eigenvalue weighted by Gasteiger charge is 2.11. The number of nitrogens with zero attached hydrogens (tertiary/aromatic N) is 2. The maximum atomic E-state index is 10.3. The number of azo groups is 1. The van der Waals surface area contributed by atoms with Gasteiger partial charge in [-0.25, -0.2) is 4.79 Å². The van der Waals surface area contributed by atoms with Crippen LogP contribution in [0.5, 0.6) is 0 Å². The summed E-state index contributed by atoms with van der Waals surface area (Å²) < 4.78 is 0. The topological polar surface area (TPSA) is 82.2 Å². The minimum Gasteiger partial charge on any atom is -0.507 e. The second-order valence-corrected chi connectivity index (χ2v) is 7.08. The molecule has 2 N–H and O–H groups in total. The number of carboxylic acid groups (broad SMARTS) is 1.